The van der Waals surface area contributed by atoms with Crippen LogP contribution in [-0.4, -0.2) is 22.6 Å². The second kappa shape index (κ2) is 8.73. The van der Waals surface area contributed by atoms with Crippen molar-refractivity contribution < 1.29 is 17.9 Å². The molecule has 176 valence electrons. The van der Waals surface area contributed by atoms with Crippen LogP contribution in [0.2, 0.25) is 15.1 Å². The Morgan fingerprint density at radius 2 is 1.61 bits per heavy atom. The Bertz CT molecular complexity index is 1130. The van der Waals surface area contributed by atoms with E-state index in [1.807, 2.05) is 0 Å². The fourth-order valence-electron chi connectivity index (χ4n) is 4.02. The van der Waals surface area contributed by atoms with Gasteiger partial charge in [-0.2, -0.15) is 18.2 Å². The minimum absolute atomic E-state index is 0.0236. The van der Waals surface area contributed by atoms with Crippen LogP contribution in [0.1, 0.15) is 37.7 Å². The first-order valence-corrected chi connectivity index (χ1v) is 11.0. The van der Waals surface area contributed by atoms with Crippen molar-refractivity contribution in [2.45, 2.75) is 43.9 Å². The molecule has 1 aromatic heterocycles. The number of pyridine rings is 1. The SMILES string of the molecule is NC1=NC2(CCCCC2)N(c2cc(Cl)c(Oc3ncc(C(F)(F)F)cc3Cl)c(Cl)c2)C(N)=N1. The van der Waals surface area contributed by atoms with Crippen molar-refractivity contribution in [3.05, 3.63) is 45.0 Å². The quantitative estimate of drug-likeness (QED) is 0.519. The topological polar surface area (TPSA) is 102 Å². The largest absolute Gasteiger partial charge is 0.434 e. The van der Waals surface area contributed by atoms with Crippen molar-refractivity contribution in [2.75, 3.05) is 4.90 Å². The summed E-state index contributed by atoms with van der Waals surface area (Å²) < 4.78 is 44.1. The fraction of sp³-hybridized carbons (Fsp3) is 0.350. The molecule has 1 aliphatic carbocycles. The first-order chi connectivity index (χ1) is 15.5. The highest BCUT2D eigenvalue weighted by atomic mass is 35.5. The van der Waals surface area contributed by atoms with Crippen molar-refractivity contribution in [3.8, 4) is 11.6 Å². The van der Waals surface area contributed by atoms with Crippen LogP contribution >= 0.6 is 34.8 Å². The molecule has 0 amide bonds. The first-order valence-electron chi connectivity index (χ1n) is 9.89. The predicted molar refractivity (Wildman–Crippen MR) is 122 cm³/mol. The molecule has 1 aliphatic heterocycles. The van der Waals surface area contributed by atoms with Gasteiger partial charge in [-0.3, -0.25) is 4.90 Å². The molecule has 7 nitrogen and oxygen atoms in total. The fourth-order valence-corrected chi connectivity index (χ4v) is 4.78. The molecule has 4 rings (SSSR count). The Morgan fingerprint density at radius 1 is 0.970 bits per heavy atom. The number of halogens is 6. The van der Waals surface area contributed by atoms with Gasteiger partial charge < -0.3 is 16.2 Å². The maximum absolute atomic E-state index is 12.9. The van der Waals surface area contributed by atoms with Gasteiger partial charge in [0.2, 0.25) is 17.8 Å². The van der Waals surface area contributed by atoms with E-state index in [0.717, 1.165) is 19.3 Å². The van der Waals surface area contributed by atoms with Gasteiger partial charge in [-0.1, -0.05) is 41.2 Å². The van der Waals surface area contributed by atoms with Crippen molar-refractivity contribution in [1.29, 1.82) is 0 Å². The number of benzene rings is 1. The molecule has 2 heterocycles. The monoisotopic (exact) mass is 520 g/mol. The minimum atomic E-state index is -4.59. The van der Waals surface area contributed by atoms with Gasteiger partial charge >= 0.3 is 6.18 Å². The summed E-state index contributed by atoms with van der Waals surface area (Å²) in [7, 11) is 0. The van der Waals surface area contributed by atoms with Crippen molar-refractivity contribution >= 4 is 52.4 Å². The van der Waals surface area contributed by atoms with Gasteiger partial charge in [-0.25, -0.2) is 9.98 Å². The van der Waals surface area contributed by atoms with Crippen LogP contribution in [-0.2, 0) is 6.18 Å². The minimum Gasteiger partial charge on any atom is -0.434 e. The molecule has 1 saturated carbocycles. The van der Waals surface area contributed by atoms with Crippen LogP contribution in [0.3, 0.4) is 0 Å². The molecular weight excluding hydrogens is 504 g/mol. The number of hydrogen-bond acceptors (Lipinski definition) is 7. The molecule has 1 fully saturated rings. The van der Waals surface area contributed by atoms with Gasteiger partial charge in [-0.15, -0.1) is 0 Å². The standard InChI is InChI=1S/C20H18Cl3F3N6O/c21-12-7-11(32-18(28)30-17(27)31-19(32)4-2-1-3-5-19)8-13(22)15(12)33-16-14(23)6-10(9-29-16)20(24,25)26/h6-9H,1-5H2,(H4,27,28,30,31). The van der Waals surface area contributed by atoms with Crippen LogP contribution in [0.5, 0.6) is 11.6 Å². The summed E-state index contributed by atoms with van der Waals surface area (Å²) in [5.41, 5.74) is 10.9. The molecule has 13 heteroatoms. The summed E-state index contributed by atoms with van der Waals surface area (Å²) in [4.78, 5) is 14.1. The summed E-state index contributed by atoms with van der Waals surface area (Å²) in [6, 6.07) is 3.81. The number of nitrogens with two attached hydrogens (primary N) is 2. The Balaban J connectivity index is 1.69. The van der Waals surface area contributed by atoms with E-state index in [2.05, 4.69) is 15.0 Å². The summed E-state index contributed by atoms with van der Waals surface area (Å²) >= 11 is 18.8. The number of aromatic nitrogens is 1. The molecule has 1 spiro atoms. The van der Waals surface area contributed by atoms with E-state index < -0.39 is 17.4 Å². The summed E-state index contributed by atoms with van der Waals surface area (Å²) in [6.45, 7) is 0. The average molecular weight is 522 g/mol. The number of guanidine groups is 2. The molecule has 0 unspecified atom stereocenters. The number of anilines is 1. The molecule has 2 aliphatic rings. The maximum atomic E-state index is 12.9. The van der Waals surface area contributed by atoms with Crippen LogP contribution < -0.4 is 21.1 Å². The lowest BCUT2D eigenvalue weighted by atomic mass is 9.87. The molecule has 1 aromatic carbocycles. The normalized spacial score (nSPS) is 18.2. The van der Waals surface area contributed by atoms with E-state index in [4.69, 9.17) is 51.0 Å². The highest BCUT2D eigenvalue weighted by Gasteiger charge is 2.43. The summed E-state index contributed by atoms with van der Waals surface area (Å²) in [5, 5.41) is -0.215. The smallest absolute Gasteiger partial charge is 0.417 e. The van der Waals surface area contributed by atoms with Gasteiger partial charge in [0.1, 0.15) is 10.7 Å². The number of hydrogen-bond donors (Lipinski definition) is 2. The zero-order valence-corrected chi connectivity index (χ0v) is 19.2. The molecule has 2 aromatic rings. The Morgan fingerprint density at radius 3 is 2.18 bits per heavy atom. The van der Waals surface area contributed by atoms with Crippen LogP contribution in [0.25, 0.3) is 0 Å². The lowest BCUT2D eigenvalue weighted by Gasteiger charge is -2.45. The van der Waals surface area contributed by atoms with Gasteiger partial charge in [-0.05, 0) is 43.9 Å². The van der Waals surface area contributed by atoms with Crippen molar-refractivity contribution in [1.82, 2.24) is 4.98 Å². The first kappa shape index (κ1) is 23.7. The molecule has 4 N–H and O–H groups in total. The third kappa shape index (κ3) is 4.64. The summed E-state index contributed by atoms with van der Waals surface area (Å²) in [6.07, 6.45) is 0.366. The van der Waals surface area contributed by atoms with Crippen LogP contribution in [0.4, 0.5) is 18.9 Å². The third-order valence-electron chi connectivity index (χ3n) is 5.43. The molecule has 0 saturated heterocycles. The molecule has 0 atom stereocenters. The van der Waals surface area contributed by atoms with E-state index in [0.29, 0.717) is 30.8 Å². The van der Waals surface area contributed by atoms with Crippen molar-refractivity contribution in [2.24, 2.45) is 21.5 Å². The number of alkyl halides is 3. The van der Waals surface area contributed by atoms with E-state index >= 15 is 0 Å². The maximum Gasteiger partial charge on any atom is 0.417 e. The number of aliphatic imine (C=N–C) groups is 2. The number of rotatable bonds is 3. The number of ether oxygens (including phenoxy) is 1. The predicted octanol–water partition coefficient (Wildman–Crippen LogP) is 5.96. The Labute approximate surface area is 202 Å². The zero-order valence-electron chi connectivity index (χ0n) is 17.0. The van der Waals surface area contributed by atoms with E-state index in [1.165, 1.54) is 0 Å². The Kier molecular flexibility index (Phi) is 6.28. The van der Waals surface area contributed by atoms with Gasteiger partial charge in [0.15, 0.2) is 5.75 Å². The average Bonchev–Trinajstić information content (AvgIpc) is 2.71. The van der Waals surface area contributed by atoms with E-state index in [1.54, 1.807) is 17.0 Å². The zero-order chi connectivity index (χ0) is 24.0. The molecule has 0 bridgehead atoms. The van der Waals surface area contributed by atoms with Crippen LogP contribution in [0, 0.1) is 0 Å². The summed E-state index contributed by atoms with van der Waals surface area (Å²) in [5.74, 6) is -0.0469. The molecule has 0 radical (unpaired) electrons. The van der Waals surface area contributed by atoms with E-state index in [9.17, 15) is 13.2 Å². The van der Waals surface area contributed by atoms with E-state index in [-0.39, 0.29) is 38.6 Å². The van der Waals surface area contributed by atoms with Gasteiger partial charge in [0.25, 0.3) is 0 Å². The molecule has 33 heavy (non-hydrogen) atoms. The second-order valence-corrected chi connectivity index (χ2v) is 8.89. The third-order valence-corrected chi connectivity index (χ3v) is 6.26. The lowest BCUT2D eigenvalue weighted by molar-refractivity contribution is -0.137. The highest BCUT2D eigenvalue weighted by molar-refractivity contribution is 6.38. The highest BCUT2D eigenvalue weighted by Crippen LogP contribution is 2.45. The molecular formula is C20H18Cl3F3N6O. The van der Waals surface area contributed by atoms with Gasteiger partial charge in [0.05, 0.1) is 15.6 Å². The Hall–Kier alpha value is -2.43. The van der Waals surface area contributed by atoms with Crippen molar-refractivity contribution in [3.63, 3.8) is 0 Å². The second-order valence-electron chi connectivity index (χ2n) is 7.67. The number of nitrogens with zero attached hydrogens (tertiary/aromatic N) is 4. The lowest BCUT2D eigenvalue weighted by Crippen LogP contribution is -2.58. The van der Waals surface area contributed by atoms with Gasteiger partial charge in [0, 0.05) is 11.9 Å². The van der Waals surface area contributed by atoms with Crippen LogP contribution in [0.15, 0.2) is 34.4 Å².